The summed E-state index contributed by atoms with van der Waals surface area (Å²) in [5, 5.41) is 12.4. The third-order valence-electron chi connectivity index (χ3n) is 4.31. The molecule has 2 heterocycles. The zero-order chi connectivity index (χ0) is 21.2. The molecule has 2 aromatic heterocycles. The van der Waals surface area contributed by atoms with Gasteiger partial charge in [-0.05, 0) is 24.3 Å². The number of aromatic nitrogens is 3. The highest BCUT2D eigenvalue weighted by Gasteiger charge is 2.35. The maximum absolute atomic E-state index is 13.6. The molecule has 0 spiro atoms. The van der Waals surface area contributed by atoms with E-state index in [1.54, 1.807) is 17.7 Å². The number of ether oxygens (including phenoxy) is 1. The van der Waals surface area contributed by atoms with Crippen LogP contribution < -0.4 is 10.1 Å². The first-order valence-electron chi connectivity index (χ1n) is 9.00. The molecule has 1 aromatic carbocycles. The van der Waals surface area contributed by atoms with E-state index in [2.05, 4.69) is 15.3 Å². The standard InChI is InChI=1S/C20H20F3N5O/c1-12(2)25-6-7-29-18-5-4-13(8-14(18)20(21,22)23)15-9-17-19(16(10-24)27-15)26-11-28(17)3/h4-5,8-9,11-12,25H,6-7H2,1-3H3. The fourth-order valence-corrected chi connectivity index (χ4v) is 2.90. The van der Waals surface area contributed by atoms with Gasteiger partial charge in [0.25, 0.3) is 0 Å². The number of alkyl halides is 3. The number of imidazole rings is 1. The first kappa shape index (κ1) is 20.6. The highest BCUT2D eigenvalue weighted by molar-refractivity contribution is 5.84. The molecule has 1 N–H and O–H groups in total. The first-order valence-corrected chi connectivity index (χ1v) is 9.00. The SMILES string of the molecule is CC(C)NCCOc1ccc(-c2cc3c(ncn3C)c(C#N)n2)cc1C(F)(F)F. The molecule has 0 saturated carbocycles. The van der Waals surface area contributed by atoms with Gasteiger partial charge in [0.05, 0.1) is 23.1 Å². The second-order valence-electron chi connectivity index (χ2n) is 6.86. The molecule has 152 valence electrons. The zero-order valence-corrected chi connectivity index (χ0v) is 16.2. The minimum absolute atomic E-state index is 0.0618. The van der Waals surface area contributed by atoms with Gasteiger partial charge in [0.2, 0.25) is 0 Å². The fourth-order valence-electron chi connectivity index (χ4n) is 2.90. The lowest BCUT2D eigenvalue weighted by Gasteiger charge is -2.16. The van der Waals surface area contributed by atoms with Crippen LogP contribution in [0.4, 0.5) is 13.2 Å². The number of nitrogens with zero attached hydrogens (tertiary/aromatic N) is 4. The third kappa shape index (κ3) is 4.49. The average molecular weight is 403 g/mol. The van der Waals surface area contributed by atoms with Crippen LogP contribution in [0.3, 0.4) is 0 Å². The summed E-state index contributed by atoms with van der Waals surface area (Å²) in [7, 11) is 1.74. The van der Waals surface area contributed by atoms with E-state index < -0.39 is 11.7 Å². The number of hydrogen-bond acceptors (Lipinski definition) is 5. The summed E-state index contributed by atoms with van der Waals surface area (Å²) in [6, 6.07) is 7.57. The zero-order valence-electron chi connectivity index (χ0n) is 16.2. The molecule has 9 heteroatoms. The van der Waals surface area contributed by atoms with Crippen molar-refractivity contribution in [2.24, 2.45) is 7.05 Å². The molecule has 0 unspecified atom stereocenters. The molecule has 0 atom stereocenters. The lowest BCUT2D eigenvalue weighted by Crippen LogP contribution is -2.27. The molecule has 3 rings (SSSR count). The normalized spacial score (nSPS) is 11.8. The van der Waals surface area contributed by atoms with Crippen molar-refractivity contribution in [3.63, 3.8) is 0 Å². The number of rotatable bonds is 6. The summed E-state index contributed by atoms with van der Waals surface area (Å²) >= 11 is 0. The molecule has 0 aliphatic carbocycles. The number of nitriles is 1. The van der Waals surface area contributed by atoms with E-state index in [0.29, 0.717) is 17.6 Å². The van der Waals surface area contributed by atoms with E-state index in [9.17, 15) is 18.4 Å². The first-order chi connectivity index (χ1) is 13.7. The monoisotopic (exact) mass is 403 g/mol. The summed E-state index contributed by atoms with van der Waals surface area (Å²) in [5.74, 6) is -0.242. The summed E-state index contributed by atoms with van der Waals surface area (Å²) in [4.78, 5) is 8.32. The Balaban J connectivity index is 2.00. The Labute approximate surface area is 166 Å². The van der Waals surface area contributed by atoms with Crippen LogP contribution in [0.5, 0.6) is 5.75 Å². The predicted molar refractivity (Wildman–Crippen MR) is 102 cm³/mol. The summed E-state index contributed by atoms with van der Waals surface area (Å²) in [5.41, 5.74) is 0.699. The van der Waals surface area contributed by atoms with Crippen LogP contribution in [0.2, 0.25) is 0 Å². The van der Waals surface area contributed by atoms with Crippen molar-refractivity contribution < 1.29 is 17.9 Å². The number of halogens is 3. The molecule has 0 aliphatic heterocycles. The fraction of sp³-hybridized carbons (Fsp3) is 0.350. The largest absolute Gasteiger partial charge is 0.492 e. The van der Waals surface area contributed by atoms with Gasteiger partial charge in [-0.2, -0.15) is 18.4 Å². The van der Waals surface area contributed by atoms with Gasteiger partial charge in [0, 0.05) is 25.2 Å². The Kier molecular flexibility index (Phi) is 5.75. The maximum atomic E-state index is 13.6. The molecule has 0 fully saturated rings. The van der Waals surface area contributed by atoms with Crippen molar-refractivity contribution >= 4 is 11.0 Å². The molecule has 0 bridgehead atoms. The lowest BCUT2D eigenvalue weighted by atomic mass is 10.1. The van der Waals surface area contributed by atoms with E-state index in [0.717, 1.165) is 6.07 Å². The smallest absolute Gasteiger partial charge is 0.419 e. The van der Waals surface area contributed by atoms with Crippen molar-refractivity contribution in [1.29, 1.82) is 5.26 Å². The van der Waals surface area contributed by atoms with Crippen LogP contribution in [0.25, 0.3) is 22.3 Å². The predicted octanol–water partition coefficient (Wildman–Crippen LogP) is 3.90. The van der Waals surface area contributed by atoms with Gasteiger partial charge in [-0.25, -0.2) is 9.97 Å². The highest BCUT2D eigenvalue weighted by atomic mass is 19.4. The molecule has 0 amide bonds. The van der Waals surface area contributed by atoms with E-state index in [1.165, 1.54) is 18.5 Å². The van der Waals surface area contributed by atoms with Crippen molar-refractivity contribution in [2.45, 2.75) is 26.1 Å². The van der Waals surface area contributed by atoms with Crippen LogP contribution in [0, 0.1) is 11.3 Å². The second kappa shape index (κ2) is 8.09. The number of nitrogens with one attached hydrogen (secondary N) is 1. The number of pyridine rings is 1. The highest BCUT2D eigenvalue weighted by Crippen LogP contribution is 2.39. The number of hydrogen-bond donors (Lipinski definition) is 1. The van der Waals surface area contributed by atoms with E-state index in [4.69, 9.17) is 4.74 Å². The summed E-state index contributed by atoms with van der Waals surface area (Å²) in [6.07, 6.45) is -3.06. The molecule has 29 heavy (non-hydrogen) atoms. The maximum Gasteiger partial charge on any atom is 0.419 e. The van der Waals surface area contributed by atoms with Gasteiger partial charge < -0.3 is 14.6 Å². The minimum Gasteiger partial charge on any atom is -0.492 e. The Bertz CT molecular complexity index is 1070. The molecule has 0 radical (unpaired) electrons. The van der Waals surface area contributed by atoms with Gasteiger partial charge in [0.1, 0.15) is 23.9 Å². The van der Waals surface area contributed by atoms with Crippen LogP contribution in [-0.4, -0.2) is 33.7 Å². The van der Waals surface area contributed by atoms with Gasteiger partial charge in [-0.1, -0.05) is 13.8 Å². The van der Waals surface area contributed by atoms with E-state index >= 15 is 0 Å². The third-order valence-corrected chi connectivity index (χ3v) is 4.31. The van der Waals surface area contributed by atoms with Gasteiger partial charge in [-0.3, -0.25) is 0 Å². The molecular weight excluding hydrogens is 383 g/mol. The molecular formula is C20H20F3N5O. The van der Waals surface area contributed by atoms with Crippen LogP contribution in [0.1, 0.15) is 25.1 Å². The topological polar surface area (TPSA) is 75.8 Å². The van der Waals surface area contributed by atoms with Gasteiger partial charge in [-0.15, -0.1) is 0 Å². The number of aryl methyl sites for hydroxylation is 1. The van der Waals surface area contributed by atoms with Gasteiger partial charge in [0.15, 0.2) is 5.69 Å². The molecule has 6 nitrogen and oxygen atoms in total. The molecule has 0 saturated heterocycles. The average Bonchev–Trinajstić information content (AvgIpc) is 3.04. The number of fused-ring (bicyclic) bond motifs is 1. The Morgan fingerprint density at radius 2 is 2.03 bits per heavy atom. The van der Waals surface area contributed by atoms with E-state index in [-0.39, 0.29) is 35.3 Å². The van der Waals surface area contributed by atoms with E-state index in [1.807, 2.05) is 19.9 Å². The van der Waals surface area contributed by atoms with Crippen molar-refractivity contribution in [2.75, 3.05) is 13.2 Å². The molecule has 0 aliphatic rings. The van der Waals surface area contributed by atoms with Crippen LogP contribution in [-0.2, 0) is 13.2 Å². The quantitative estimate of drug-likeness (QED) is 0.632. The number of benzene rings is 1. The lowest BCUT2D eigenvalue weighted by molar-refractivity contribution is -0.138. The van der Waals surface area contributed by atoms with Crippen molar-refractivity contribution in [3.8, 4) is 23.1 Å². The van der Waals surface area contributed by atoms with Crippen LogP contribution in [0.15, 0.2) is 30.6 Å². The molecule has 3 aromatic rings. The van der Waals surface area contributed by atoms with Crippen molar-refractivity contribution in [1.82, 2.24) is 19.9 Å². The van der Waals surface area contributed by atoms with Crippen molar-refractivity contribution in [3.05, 3.63) is 41.9 Å². The van der Waals surface area contributed by atoms with Gasteiger partial charge >= 0.3 is 6.18 Å². The Hall–Kier alpha value is -3.12. The summed E-state index contributed by atoms with van der Waals surface area (Å²) < 4.78 is 47.9. The Morgan fingerprint density at radius 3 is 2.69 bits per heavy atom. The minimum atomic E-state index is -4.59. The van der Waals surface area contributed by atoms with Crippen LogP contribution >= 0.6 is 0 Å². The second-order valence-corrected chi connectivity index (χ2v) is 6.86. The Morgan fingerprint density at radius 1 is 1.28 bits per heavy atom. The summed E-state index contributed by atoms with van der Waals surface area (Å²) in [6.45, 7) is 4.43.